The summed E-state index contributed by atoms with van der Waals surface area (Å²) in [5, 5.41) is 8.89. The fraction of sp³-hybridized carbons (Fsp3) is 0.286. The molecule has 18 heavy (non-hydrogen) atoms. The minimum absolute atomic E-state index is 0.420. The number of H-pyrrole nitrogens is 1. The van der Waals surface area contributed by atoms with Crippen molar-refractivity contribution >= 4 is 5.97 Å². The third-order valence-electron chi connectivity index (χ3n) is 2.90. The molecule has 0 saturated heterocycles. The molecule has 2 N–H and O–H groups in total. The second-order valence-corrected chi connectivity index (χ2v) is 4.47. The lowest BCUT2D eigenvalue weighted by Crippen LogP contribution is -2.13. The number of nitrogens with zero attached hydrogens (tertiary/aromatic N) is 1. The summed E-state index contributed by atoms with van der Waals surface area (Å²) >= 11 is 0. The molecule has 4 heteroatoms. The van der Waals surface area contributed by atoms with Crippen molar-refractivity contribution < 1.29 is 9.90 Å². The third-order valence-corrected chi connectivity index (χ3v) is 2.90. The second kappa shape index (κ2) is 5.04. The summed E-state index contributed by atoms with van der Waals surface area (Å²) in [6.45, 7) is 3.63. The number of hydrogen-bond acceptors (Lipinski definition) is 2. The van der Waals surface area contributed by atoms with Crippen molar-refractivity contribution in [1.82, 2.24) is 9.97 Å². The van der Waals surface area contributed by atoms with Gasteiger partial charge in [0.2, 0.25) is 0 Å². The third kappa shape index (κ3) is 2.59. The summed E-state index contributed by atoms with van der Waals surface area (Å²) in [5.74, 6) is -0.509. The Balaban J connectivity index is 2.25. The average Bonchev–Trinajstić information content (AvgIpc) is 2.71. The Morgan fingerprint density at radius 1 is 1.39 bits per heavy atom. The lowest BCUT2D eigenvalue weighted by atomic mass is 10.1. The summed E-state index contributed by atoms with van der Waals surface area (Å²) < 4.78 is 0. The molecule has 0 radical (unpaired) electrons. The van der Waals surface area contributed by atoms with Crippen LogP contribution in [0.15, 0.2) is 30.3 Å². The standard InChI is InChI=1S/C14H16N2O2/c1-9(14(17)18)8-12-15-10(2)13(16-12)11-6-4-3-5-7-11/h3-7,9H,8H2,1-2H3,(H,15,16)(H,17,18). The first-order chi connectivity index (χ1) is 8.58. The largest absolute Gasteiger partial charge is 0.481 e. The van der Waals surface area contributed by atoms with Crippen LogP contribution in [-0.2, 0) is 11.2 Å². The first-order valence-corrected chi connectivity index (χ1v) is 5.91. The molecule has 0 bridgehead atoms. The van der Waals surface area contributed by atoms with E-state index in [0.717, 1.165) is 22.8 Å². The maximum absolute atomic E-state index is 10.8. The fourth-order valence-corrected chi connectivity index (χ4v) is 1.87. The van der Waals surface area contributed by atoms with Crippen molar-refractivity contribution in [3.8, 4) is 11.3 Å². The quantitative estimate of drug-likeness (QED) is 0.868. The van der Waals surface area contributed by atoms with Gasteiger partial charge in [0.25, 0.3) is 0 Å². The van der Waals surface area contributed by atoms with E-state index in [4.69, 9.17) is 5.11 Å². The summed E-state index contributed by atoms with van der Waals surface area (Å²) in [4.78, 5) is 18.5. The summed E-state index contributed by atoms with van der Waals surface area (Å²) in [6, 6.07) is 9.87. The van der Waals surface area contributed by atoms with E-state index >= 15 is 0 Å². The number of aromatic nitrogens is 2. The highest BCUT2D eigenvalue weighted by Gasteiger charge is 2.15. The minimum Gasteiger partial charge on any atom is -0.481 e. The number of nitrogens with one attached hydrogen (secondary N) is 1. The van der Waals surface area contributed by atoms with Crippen molar-refractivity contribution in [2.24, 2.45) is 5.92 Å². The Kier molecular flexibility index (Phi) is 3.46. The van der Waals surface area contributed by atoms with Gasteiger partial charge in [0.1, 0.15) is 5.82 Å². The predicted molar refractivity (Wildman–Crippen MR) is 69.3 cm³/mol. The normalized spacial score (nSPS) is 12.3. The van der Waals surface area contributed by atoms with Crippen LogP contribution >= 0.6 is 0 Å². The van der Waals surface area contributed by atoms with Gasteiger partial charge in [-0.15, -0.1) is 0 Å². The van der Waals surface area contributed by atoms with E-state index in [9.17, 15) is 4.79 Å². The molecule has 1 heterocycles. The molecular weight excluding hydrogens is 228 g/mol. The SMILES string of the molecule is Cc1[nH]c(CC(C)C(=O)O)nc1-c1ccccc1. The van der Waals surface area contributed by atoms with Gasteiger partial charge in [-0.25, -0.2) is 4.98 Å². The number of hydrogen-bond donors (Lipinski definition) is 2. The number of imidazole rings is 1. The zero-order valence-electron chi connectivity index (χ0n) is 10.5. The van der Waals surface area contributed by atoms with Gasteiger partial charge in [-0.05, 0) is 6.92 Å². The molecule has 2 aromatic rings. The minimum atomic E-state index is -0.801. The van der Waals surface area contributed by atoms with E-state index in [2.05, 4.69) is 9.97 Å². The van der Waals surface area contributed by atoms with Crippen LogP contribution in [0.25, 0.3) is 11.3 Å². The van der Waals surface area contributed by atoms with E-state index in [-0.39, 0.29) is 0 Å². The number of aromatic amines is 1. The van der Waals surface area contributed by atoms with E-state index in [1.54, 1.807) is 6.92 Å². The lowest BCUT2D eigenvalue weighted by Gasteiger charge is -2.01. The summed E-state index contributed by atoms with van der Waals surface area (Å²) in [5.41, 5.74) is 2.90. The number of aryl methyl sites for hydroxylation is 1. The Bertz CT molecular complexity index is 546. The van der Waals surface area contributed by atoms with Crippen LogP contribution in [-0.4, -0.2) is 21.0 Å². The number of rotatable bonds is 4. The van der Waals surface area contributed by atoms with Crippen molar-refractivity contribution in [1.29, 1.82) is 0 Å². The molecular formula is C14H16N2O2. The van der Waals surface area contributed by atoms with Crippen LogP contribution in [0.1, 0.15) is 18.4 Å². The van der Waals surface area contributed by atoms with Crippen molar-refractivity contribution in [3.05, 3.63) is 41.9 Å². The summed E-state index contributed by atoms with van der Waals surface area (Å²) in [7, 11) is 0. The van der Waals surface area contributed by atoms with Gasteiger partial charge in [-0.2, -0.15) is 0 Å². The van der Waals surface area contributed by atoms with Crippen LogP contribution in [0.3, 0.4) is 0 Å². The van der Waals surface area contributed by atoms with E-state index < -0.39 is 11.9 Å². The molecule has 2 rings (SSSR count). The van der Waals surface area contributed by atoms with Crippen molar-refractivity contribution in [3.63, 3.8) is 0 Å². The number of benzene rings is 1. The van der Waals surface area contributed by atoms with E-state index in [1.165, 1.54) is 0 Å². The highest BCUT2D eigenvalue weighted by atomic mass is 16.4. The number of aliphatic carboxylic acids is 1. The molecule has 1 unspecified atom stereocenters. The van der Waals surface area contributed by atoms with Crippen molar-refractivity contribution in [2.45, 2.75) is 20.3 Å². The molecule has 1 aromatic heterocycles. The van der Waals surface area contributed by atoms with Gasteiger partial charge in [0.15, 0.2) is 0 Å². The first kappa shape index (κ1) is 12.4. The number of carboxylic acids is 1. The molecule has 1 atom stereocenters. The molecule has 0 amide bonds. The van der Waals surface area contributed by atoms with Gasteiger partial charge in [-0.3, -0.25) is 4.79 Å². The molecule has 94 valence electrons. The maximum atomic E-state index is 10.8. The zero-order chi connectivity index (χ0) is 13.1. The molecule has 0 fully saturated rings. The van der Waals surface area contributed by atoms with E-state index in [0.29, 0.717) is 6.42 Å². The molecule has 0 spiro atoms. The first-order valence-electron chi connectivity index (χ1n) is 5.91. The summed E-state index contributed by atoms with van der Waals surface area (Å²) in [6.07, 6.45) is 0.420. The van der Waals surface area contributed by atoms with Gasteiger partial charge in [0, 0.05) is 17.7 Å². The molecule has 0 aliphatic carbocycles. The van der Waals surface area contributed by atoms with Crippen LogP contribution < -0.4 is 0 Å². The molecule has 0 saturated carbocycles. The van der Waals surface area contributed by atoms with Gasteiger partial charge in [-0.1, -0.05) is 37.3 Å². The topological polar surface area (TPSA) is 66.0 Å². The number of carboxylic acid groups (broad SMARTS) is 1. The van der Waals surface area contributed by atoms with Crippen LogP contribution in [0.2, 0.25) is 0 Å². The second-order valence-electron chi connectivity index (χ2n) is 4.47. The van der Waals surface area contributed by atoms with Crippen molar-refractivity contribution in [2.75, 3.05) is 0 Å². The Morgan fingerprint density at radius 3 is 2.67 bits per heavy atom. The van der Waals surface area contributed by atoms with Crippen LogP contribution in [0.5, 0.6) is 0 Å². The van der Waals surface area contributed by atoms with E-state index in [1.807, 2.05) is 37.3 Å². The Morgan fingerprint density at radius 2 is 2.06 bits per heavy atom. The molecule has 4 nitrogen and oxygen atoms in total. The molecule has 0 aliphatic heterocycles. The van der Waals surface area contributed by atoms with Gasteiger partial charge >= 0.3 is 5.97 Å². The van der Waals surface area contributed by atoms with Gasteiger partial charge < -0.3 is 10.1 Å². The predicted octanol–water partition coefficient (Wildman–Crippen LogP) is 2.65. The Hall–Kier alpha value is -2.10. The van der Waals surface area contributed by atoms with Crippen LogP contribution in [0, 0.1) is 12.8 Å². The molecule has 0 aliphatic rings. The average molecular weight is 244 g/mol. The smallest absolute Gasteiger partial charge is 0.306 e. The maximum Gasteiger partial charge on any atom is 0.306 e. The molecule has 1 aromatic carbocycles. The fourth-order valence-electron chi connectivity index (χ4n) is 1.87. The van der Waals surface area contributed by atoms with Gasteiger partial charge in [0.05, 0.1) is 11.6 Å². The highest BCUT2D eigenvalue weighted by molar-refractivity contribution is 5.70. The zero-order valence-corrected chi connectivity index (χ0v) is 10.5. The monoisotopic (exact) mass is 244 g/mol. The van der Waals surface area contributed by atoms with Crippen LogP contribution in [0.4, 0.5) is 0 Å². The lowest BCUT2D eigenvalue weighted by molar-refractivity contribution is -0.141. The highest BCUT2D eigenvalue weighted by Crippen LogP contribution is 2.21. The number of carbonyl (C=O) groups is 1. The Labute approximate surface area is 106 Å².